The molecule has 0 aromatic carbocycles. The van der Waals surface area contributed by atoms with E-state index in [-0.39, 0.29) is 17.8 Å². The van der Waals surface area contributed by atoms with Crippen LogP contribution in [0.3, 0.4) is 0 Å². The number of nitrogens with zero attached hydrogens (tertiary/aromatic N) is 2. The van der Waals surface area contributed by atoms with E-state index in [1.54, 1.807) is 6.07 Å². The number of carboxylic acids is 1. The second kappa shape index (κ2) is 5.09. The first-order chi connectivity index (χ1) is 8.16. The minimum atomic E-state index is -1.10. The fourth-order valence-electron chi connectivity index (χ4n) is 1.99. The van der Waals surface area contributed by atoms with Gasteiger partial charge in [-0.2, -0.15) is 0 Å². The maximum absolute atomic E-state index is 10.6. The molecule has 0 amide bonds. The number of rotatable bonds is 3. The number of carbonyl (C=O) groups is 1. The lowest BCUT2D eigenvalue weighted by Crippen LogP contribution is -2.36. The molecule has 92 valence electrons. The van der Waals surface area contributed by atoms with Crippen LogP contribution >= 0.6 is 0 Å². The molecule has 1 aromatic rings. The van der Waals surface area contributed by atoms with Gasteiger partial charge in [-0.05, 0) is 25.0 Å². The molecular formula is C11H15N3O3. The first-order valence-electron chi connectivity index (χ1n) is 5.68. The normalized spacial score (nSPS) is 24.3. The molecule has 1 aliphatic carbocycles. The van der Waals surface area contributed by atoms with Gasteiger partial charge >= 0.3 is 5.97 Å². The van der Waals surface area contributed by atoms with Crippen molar-refractivity contribution in [1.29, 1.82) is 0 Å². The number of hydrogen-bond donors (Lipinski definition) is 3. The predicted octanol–water partition coefficient (Wildman–Crippen LogP) is 0.890. The number of aliphatic hydroxyl groups excluding tert-OH is 1. The van der Waals surface area contributed by atoms with Crippen molar-refractivity contribution in [2.45, 2.75) is 37.8 Å². The third kappa shape index (κ3) is 2.91. The van der Waals surface area contributed by atoms with Crippen LogP contribution in [0.2, 0.25) is 0 Å². The van der Waals surface area contributed by atoms with E-state index in [4.69, 9.17) is 5.11 Å². The molecule has 3 N–H and O–H groups in total. The van der Waals surface area contributed by atoms with Crippen LogP contribution in [0.25, 0.3) is 0 Å². The lowest BCUT2D eigenvalue weighted by atomic mass is 9.93. The largest absolute Gasteiger partial charge is 0.476 e. The number of aromatic carboxylic acids is 1. The average molecular weight is 237 g/mol. The van der Waals surface area contributed by atoms with Gasteiger partial charge in [-0.25, -0.2) is 4.79 Å². The van der Waals surface area contributed by atoms with Gasteiger partial charge in [-0.3, -0.25) is 0 Å². The summed E-state index contributed by atoms with van der Waals surface area (Å²) >= 11 is 0. The summed E-state index contributed by atoms with van der Waals surface area (Å²) in [7, 11) is 0. The highest BCUT2D eigenvalue weighted by Crippen LogP contribution is 2.21. The molecular weight excluding hydrogens is 222 g/mol. The molecule has 1 fully saturated rings. The molecule has 2 atom stereocenters. The molecule has 1 heterocycles. The summed E-state index contributed by atoms with van der Waals surface area (Å²) in [4.78, 5) is 10.6. The zero-order valence-corrected chi connectivity index (χ0v) is 9.33. The summed E-state index contributed by atoms with van der Waals surface area (Å²) in [6, 6.07) is 2.94. The smallest absolute Gasteiger partial charge is 0.356 e. The Labute approximate surface area is 98.7 Å². The number of carboxylic acid groups (broad SMARTS) is 1. The lowest BCUT2D eigenvalue weighted by molar-refractivity contribution is 0.0689. The minimum absolute atomic E-state index is 0.0197. The molecule has 6 heteroatoms. The van der Waals surface area contributed by atoms with Crippen LogP contribution < -0.4 is 5.32 Å². The number of nitrogens with one attached hydrogen (secondary N) is 1. The van der Waals surface area contributed by atoms with Crippen molar-refractivity contribution in [3.8, 4) is 0 Å². The first-order valence-corrected chi connectivity index (χ1v) is 5.68. The molecule has 2 rings (SSSR count). The minimum Gasteiger partial charge on any atom is -0.476 e. The molecule has 2 unspecified atom stereocenters. The van der Waals surface area contributed by atoms with E-state index in [0.717, 1.165) is 25.7 Å². The third-order valence-electron chi connectivity index (χ3n) is 2.95. The standard InChI is InChI=1S/C11H15N3O3/c15-9-4-2-1-3-7(9)12-10-6-5-8(11(16)17)13-14-10/h5-7,9,15H,1-4H2,(H,12,14)(H,16,17). The molecule has 1 aliphatic rings. The Morgan fingerprint density at radius 1 is 1.29 bits per heavy atom. The average Bonchev–Trinajstić information content (AvgIpc) is 2.33. The van der Waals surface area contributed by atoms with Gasteiger partial charge in [0, 0.05) is 0 Å². The highest BCUT2D eigenvalue weighted by molar-refractivity contribution is 5.85. The fraction of sp³-hybridized carbons (Fsp3) is 0.545. The number of aliphatic hydroxyl groups is 1. The molecule has 0 radical (unpaired) electrons. The number of anilines is 1. The Bertz CT molecular complexity index is 393. The Hall–Kier alpha value is -1.69. The summed E-state index contributed by atoms with van der Waals surface area (Å²) in [6.45, 7) is 0. The van der Waals surface area contributed by atoms with Crippen LogP contribution in [-0.4, -0.2) is 38.5 Å². The number of hydrogen-bond acceptors (Lipinski definition) is 5. The SMILES string of the molecule is O=C(O)c1ccc(NC2CCCCC2O)nn1. The van der Waals surface area contributed by atoms with E-state index >= 15 is 0 Å². The zero-order chi connectivity index (χ0) is 12.3. The monoisotopic (exact) mass is 237 g/mol. The van der Waals surface area contributed by atoms with E-state index in [1.807, 2.05) is 0 Å². The van der Waals surface area contributed by atoms with Gasteiger partial charge in [0.15, 0.2) is 5.69 Å². The van der Waals surface area contributed by atoms with E-state index < -0.39 is 5.97 Å². The number of aromatic nitrogens is 2. The van der Waals surface area contributed by atoms with Crippen molar-refractivity contribution >= 4 is 11.8 Å². The lowest BCUT2D eigenvalue weighted by Gasteiger charge is -2.28. The highest BCUT2D eigenvalue weighted by atomic mass is 16.4. The second-order valence-corrected chi connectivity index (χ2v) is 4.21. The van der Waals surface area contributed by atoms with Gasteiger partial charge in [-0.15, -0.1) is 10.2 Å². The van der Waals surface area contributed by atoms with Crippen LogP contribution in [0.5, 0.6) is 0 Å². The Morgan fingerprint density at radius 2 is 2.06 bits per heavy atom. The van der Waals surface area contributed by atoms with E-state index in [0.29, 0.717) is 5.82 Å². The Morgan fingerprint density at radius 3 is 2.65 bits per heavy atom. The summed E-state index contributed by atoms with van der Waals surface area (Å²) in [5.74, 6) is -0.595. The molecule has 17 heavy (non-hydrogen) atoms. The van der Waals surface area contributed by atoms with Gasteiger partial charge in [0.25, 0.3) is 0 Å². The van der Waals surface area contributed by atoms with Crippen LogP contribution in [0.4, 0.5) is 5.82 Å². The second-order valence-electron chi connectivity index (χ2n) is 4.21. The quantitative estimate of drug-likeness (QED) is 0.722. The van der Waals surface area contributed by atoms with Crippen LogP contribution in [0.15, 0.2) is 12.1 Å². The van der Waals surface area contributed by atoms with Gasteiger partial charge in [-0.1, -0.05) is 12.8 Å². The summed E-state index contributed by atoms with van der Waals surface area (Å²) in [5.41, 5.74) is -0.0836. The van der Waals surface area contributed by atoms with Crippen molar-refractivity contribution in [3.63, 3.8) is 0 Å². The van der Waals surface area contributed by atoms with Crippen molar-refractivity contribution in [2.24, 2.45) is 0 Å². The fourth-order valence-corrected chi connectivity index (χ4v) is 1.99. The zero-order valence-electron chi connectivity index (χ0n) is 9.33. The van der Waals surface area contributed by atoms with Crippen LogP contribution in [0, 0.1) is 0 Å². The van der Waals surface area contributed by atoms with E-state index in [2.05, 4.69) is 15.5 Å². The van der Waals surface area contributed by atoms with Crippen molar-refractivity contribution in [1.82, 2.24) is 10.2 Å². The van der Waals surface area contributed by atoms with Gasteiger partial charge in [0.05, 0.1) is 12.1 Å². The maximum atomic E-state index is 10.6. The van der Waals surface area contributed by atoms with Gasteiger partial charge in [0.2, 0.25) is 0 Å². The summed E-state index contributed by atoms with van der Waals surface area (Å²) in [5, 5.41) is 28.9. The maximum Gasteiger partial charge on any atom is 0.356 e. The molecule has 0 saturated heterocycles. The van der Waals surface area contributed by atoms with Crippen LogP contribution in [0.1, 0.15) is 36.2 Å². The van der Waals surface area contributed by atoms with Gasteiger partial charge < -0.3 is 15.5 Å². The summed E-state index contributed by atoms with van der Waals surface area (Å²) in [6.07, 6.45) is 3.44. The molecule has 0 bridgehead atoms. The van der Waals surface area contributed by atoms with Crippen molar-refractivity contribution < 1.29 is 15.0 Å². The molecule has 1 saturated carbocycles. The van der Waals surface area contributed by atoms with E-state index in [1.165, 1.54) is 6.07 Å². The third-order valence-corrected chi connectivity index (χ3v) is 2.95. The molecule has 6 nitrogen and oxygen atoms in total. The first kappa shape index (κ1) is 11.8. The summed E-state index contributed by atoms with van der Waals surface area (Å²) < 4.78 is 0. The molecule has 0 aliphatic heterocycles. The topological polar surface area (TPSA) is 95.3 Å². The predicted molar refractivity (Wildman–Crippen MR) is 60.9 cm³/mol. The molecule has 1 aromatic heterocycles. The Kier molecular flexibility index (Phi) is 3.53. The van der Waals surface area contributed by atoms with Gasteiger partial charge in [0.1, 0.15) is 5.82 Å². The van der Waals surface area contributed by atoms with Crippen LogP contribution in [-0.2, 0) is 0 Å². The van der Waals surface area contributed by atoms with Crippen molar-refractivity contribution in [3.05, 3.63) is 17.8 Å². The van der Waals surface area contributed by atoms with Crippen molar-refractivity contribution in [2.75, 3.05) is 5.32 Å². The highest BCUT2D eigenvalue weighted by Gasteiger charge is 2.23. The Balaban J connectivity index is 2.00. The van der Waals surface area contributed by atoms with E-state index in [9.17, 15) is 9.90 Å². The molecule has 0 spiro atoms.